The van der Waals surface area contributed by atoms with E-state index in [1.165, 1.54) is 6.07 Å². The molecule has 2 aromatic rings. The molecule has 0 radical (unpaired) electrons. The van der Waals surface area contributed by atoms with E-state index in [-0.39, 0.29) is 38.9 Å². The molecule has 1 fully saturated rings. The molecule has 0 unspecified atom stereocenters. The predicted octanol–water partition coefficient (Wildman–Crippen LogP) is 5.86. The van der Waals surface area contributed by atoms with Crippen molar-refractivity contribution in [1.82, 2.24) is 15.5 Å². The number of hydrogen-bond acceptors (Lipinski definition) is 4. The highest BCUT2D eigenvalue weighted by Crippen LogP contribution is 2.54. The number of amides is 2. The minimum atomic E-state index is -0.950. The first-order valence-electron chi connectivity index (χ1n) is 13.3. The average molecular weight is 564 g/mol. The molecule has 2 heterocycles. The Kier molecular flexibility index (Phi) is 8.43. The van der Waals surface area contributed by atoms with Crippen LogP contribution in [0.1, 0.15) is 63.4 Å². The number of hydrogen-bond donors (Lipinski definition) is 3. The molecule has 4 rings (SSSR count). The smallest absolute Gasteiger partial charge is 0.253 e. The number of rotatable bonds is 8. The van der Waals surface area contributed by atoms with Crippen LogP contribution in [0.2, 0.25) is 10.0 Å². The number of nitrogens with zero attached hydrogens (tertiary/aromatic N) is 1. The number of carbonyl (C=O) groups excluding carboxylic acids is 2. The Balaban J connectivity index is 1.93. The number of fused-ring (bicyclic) bond motifs is 2. The van der Waals surface area contributed by atoms with E-state index in [4.69, 9.17) is 23.2 Å². The number of benzene rings is 2. The second kappa shape index (κ2) is 11.1. The van der Waals surface area contributed by atoms with Crippen molar-refractivity contribution in [3.8, 4) is 11.1 Å². The summed E-state index contributed by atoms with van der Waals surface area (Å²) in [7, 11) is 0. The Bertz CT molecular complexity index is 1240. The number of nitrogens with one attached hydrogen (secondary N) is 3. The summed E-state index contributed by atoms with van der Waals surface area (Å²) in [6, 6.07) is 5.98. The van der Waals surface area contributed by atoms with Crippen LogP contribution in [0.3, 0.4) is 0 Å². The van der Waals surface area contributed by atoms with Gasteiger partial charge in [-0.15, -0.1) is 0 Å². The van der Waals surface area contributed by atoms with Crippen molar-refractivity contribution in [2.24, 2.45) is 5.41 Å². The van der Waals surface area contributed by atoms with E-state index in [1.54, 1.807) is 18.2 Å². The zero-order valence-corrected chi connectivity index (χ0v) is 24.2. The van der Waals surface area contributed by atoms with Gasteiger partial charge in [0, 0.05) is 41.5 Å². The largest absolute Gasteiger partial charge is 0.351 e. The van der Waals surface area contributed by atoms with E-state index >= 15 is 0 Å². The van der Waals surface area contributed by atoms with Gasteiger partial charge in [-0.05, 0) is 50.0 Å². The molecule has 0 aromatic heterocycles. The van der Waals surface area contributed by atoms with Crippen molar-refractivity contribution in [3.05, 3.63) is 51.3 Å². The van der Waals surface area contributed by atoms with Crippen LogP contribution in [-0.4, -0.2) is 55.5 Å². The molecule has 2 amide bonds. The van der Waals surface area contributed by atoms with Gasteiger partial charge in [-0.3, -0.25) is 9.59 Å². The molecular formula is C29H37Cl2FN4O2. The molecule has 2 aliphatic heterocycles. The Morgan fingerprint density at radius 2 is 1.95 bits per heavy atom. The first kappa shape index (κ1) is 28.8. The Morgan fingerprint density at radius 1 is 1.24 bits per heavy atom. The summed E-state index contributed by atoms with van der Waals surface area (Å²) in [4.78, 5) is 29.7. The summed E-state index contributed by atoms with van der Waals surface area (Å²) in [5.41, 5.74) is 1.15. The third-order valence-corrected chi connectivity index (χ3v) is 8.44. The number of likely N-dealkylation sites (N-methyl/N-ethyl adjacent to an activating group) is 1. The van der Waals surface area contributed by atoms with Gasteiger partial charge in [0.2, 0.25) is 5.91 Å². The van der Waals surface area contributed by atoms with Crippen molar-refractivity contribution >= 4 is 40.7 Å². The third kappa shape index (κ3) is 5.18. The van der Waals surface area contributed by atoms with Gasteiger partial charge in [0.15, 0.2) is 0 Å². The van der Waals surface area contributed by atoms with E-state index in [1.807, 2.05) is 0 Å². The van der Waals surface area contributed by atoms with Crippen molar-refractivity contribution in [2.45, 2.75) is 58.9 Å². The molecular weight excluding hydrogens is 526 g/mol. The second-order valence-corrected chi connectivity index (χ2v) is 12.1. The van der Waals surface area contributed by atoms with E-state index in [9.17, 15) is 14.0 Å². The lowest BCUT2D eigenvalue weighted by atomic mass is 9.68. The highest BCUT2D eigenvalue weighted by atomic mass is 35.5. The quantitative estimate of drug-likeness (QED) is 0.376. The zero-order valence-electron chi connectivity index (χ0n) is 22.7. The summed E-state index contributed by atoms with van der Waals surface area (Å²) in [6.45, 7) is 14.0. The molecule has 2 atom stereocenters. The summed E-state index contributed by atoms with van der Waals surface area (Å²) < 4.78 is 14.8. The van der Waals surface area contributed by atoms with Crippen LogP contribution in [-0.2, 0) is 10.2 Å². The fourth-order valence-corrected chi connectivity index (χ4v) is 6.44. The number of carbonyl (C=O) groups is 2. The molecule has 6 nitrogen and oxygen atoms in total. The van der Waals surface area contributed by atoms with Crippen LogP contribution in [0, 0.1) is 11.2 Å². The molecule has 2 aliphatic rings. The van der Waals surface area contributed by atoms with Gasteiger partial charge in [-0.2, -0.15) is 0 Å². The molecule has 9 heteroatoms. The van der Waals surface area contributed by atoms with Gasteiger partial charge in [0.05, 0.1) is 21.0 Å². The molecule has 206 valence electrons. The lowest BCUT2D eigenvalue weighted by molar-refractivity contribution is -0.121. The van der Waals surface area contributed by atoms with Crippen LogP contribution in [0.4, 0.5) is 10.1 Å². The lowest BCUT2D eigenvalue weighted by Gasteiger charge is -2.35. The Morgan fingerprint density at radius 3 is 2.61 bits per heavy atom. The van der Waals surface area contributed by atoms with Crippen molar-refractivity contribution in [1.29, 1.82) is 0 Å². The summed E-state index contributed by atoms with van der Waals surface area (Å²) in [6.07, 6.45) is 1.27. The molecule has 2 aromatic carbocycles. The van der Waals surface area contributed by atoms with Crippen LogP contribution >= 0.6 is 23.2 Å². The highest BCUT2D eigenvalue weighted by molar-refractivity contribution is 6.37. The monoisotopic (exact) mass is 562 g/mol. The summed E-state index contributed by atoms with van der Waals surface area (Å²) in [5.74, 6) is -1.13. The SMILES string of the molecule is CCN(CC)CCNC(=O)c1c(Cl)cc2c(c1-c1cccc(F)c1Cl)[C@]1(CCN[C@@H]1CC(C)(C)C)C(=O)N2. The zero-order chi connectivity index (χ0) is 27.8. The molecule has 1 spiro atoms. The van der Waals surface area contributed by atoms with Gasteiger partial charge >= 0.3 is 0 Å². The van der Waals surface area contributed by atoms with Crippen LogP contribution in [0.15, 0.2) is 24.3 Å². The normalized spacial score (nSPS) is 20.8. The fraction of sp³-hybridized carbons (Fsp3) is 0.517. The number of halogens is 3. The van der Waals surface area contributed by atoms with E-state index in [0.29, 0.717) is 48.4 Å². The molecule has 0 bridgehead atoms. The average Bonchev–Trinajstić information content (AvgIpc) is 3.37. The van der Waals surface area contributed by atoms with Crippen LogP contribution in [0.25, 0.3) is 11.1 Å². The van der Waals surface area contributed by atoms with Gasteiger partial charge in [-0.25, -0.2) is 4.39 Å². The van der Waals surface area contributed by atoms with Gasteiger partial charge in [0.1, 0.15) is 5.82 Å². The lowest BCUT2D eigenvalue weighted by Crippen LogP contribution is -2.47. The van der Waals surface area contributed by atoms with Gasteiger partial charge < -0.3 is 20.9 Å². The predicted molar refractivity (Wildman–Crippen MR) is 153 cm³/mol. The molecule has 0 saturated carbocycles. The highest BCUT2D eigenvalue weighted by Gasteiger charge is 2.57. The van der Waals surface area contributed by atoms with E-state index < -0.39 is 11.2 Å². The molecule has 0 aliphatic carbocycles. The Hall–Kier alpha value is -2.19. The molecule has 1 saturated heterocycles. The standard InChI is InChI=1S/C29H37Cl2FN4O2/c1-6-36(7-2)14-13-34-26(37)23-18(30)15-20-24(22(23)17-9-8-10-19(32)25(17)31)29(27(38)35-20)11-12-33-21(29)16-28(3,4)5/h8-10,15,21,33H,6-7,11-14,16H2,1-5H3,(H,34,37)(H,35,38)/t21-,29-/m1/s1. The van der Waals surface area contributed by atoms with Crippen molar-refractivity contribution in [2.75, 3.05) is 38.0 Å². The third-order valence-electron chi connectivity index (χ3n) is 7.76. The van der Waals surface area contributed by atoms with Crippen molar-refractivity contribution in [3.63, 3.8) is 0 Å². The first-order valence-corrected chi connectivity index (χ1v) is 14.1. The fourth-order valence-electron chi connectivity index (χ4n) is 5.93. The maximum absolute atomic E-state index is 14.8. The van der Waals surface area contributed by atoms with Crippen molar-refractivity contribution < 1.29 is 14.0 Å². The van der Waals surface area contributed by atoms with Crippen LogP contribution < -0.4 is 16.0 Å². The van der Waals surface area contributed by atoms with Crippen LogP contribution in [0.5, 0.6) is 0 Å². The maximum atomic E-state index is 14.8. The summed E-state index contributed by atoms with van der Waals surface area (Å²) >= 11 is 13.3. The van der Waals surface area contributed by atoms with E-state index in [2.05, 4.69) is 55.5 Å². The molecule has 38 heavy (non-hydrogen) atoms. The summed E-state index contributed by atoms with van der Waals surface area (Å²) in [5, 5.41) is 9.63. The van der Waals surface area contributed by atoms with Gasteiger partial charge in [-0.1, -0.05) is 70.0 Å². The van der Waals surface area contributed by atoms with E-state index in [0.717, 1.165) is 19.5 Å². The van der Waals surface area contributed by atoms with Gasteiger partial charge in [0.25, 0.3) is 5.91 Å². The minimum Gasteiger partial charge on any atom is -0.351 e. The first-order chi connectivity index (χ1) is 17.9. The molecule has 3 N–H and O–H groups in total. The maximum Gasteiger partial charge on any atom is 0.253 e. The second-order valence-electron chi connectivity index (χ2n) is 11.4. The minimum absolute atomic E-state index is 0.0637. The topological polar surface area (TPSA) is 73.5 Å². The Labute approximate surface area is 234 Å². The number of anilines is 1.